The van der Waals surface area contributed by atoms with Gasteiger partial charge in [-0.05, 0) is 96.3 Å². The van der Waals surface area contributed by atoms with Crippen LogP contribution in [0, 0.1) is 0 Å². The van der Waals surface area contributed by atoms with Gasteiger partial charge in [-0.1, -0.05) is 246 Å². The van der Waals surface area contributed by atoms with Gasteiger partial charge in [0.15, 0.2) is 6.10 Å². The van der Waals surface area contributed by atoms with Crippen molar-refractivity contribution < 1.29 is 42.1 Å². The van der Waals surface area contributed by atoms with E-state index in [0.717, 1.165) is 96.3 Å². The Kier molecular flexibility index (Phi) is 54.4. The van der Waals surface area contributed by atoms with Crippen LogP contribution in [0.3, 0.4) is 0 Å². The first-order valence-corrected chi connectivity index (χ1v) is 32.4. The van der Waals surface area contributed by atoms with Gasteiger partial charge in [0.1, 0.15) is 19.8 Å². The van der Waals surface area contributed by atoms with E-state index in [1.165, 1.54) is 128 Å². The monoisotopic (exact) mass is 1080 g/mol. The lowest BCUT2D eigenvalue weighted by atomic mass is 10.0. The average molecular weight is 1080 g/mol. The minimum absolute atomic E-state index is 0.0355. The van der Waals surface area contributed by atoms with E-state index in [2.05, 4.69) is 111 Å². The summed E-state index contributed by atoms with van der Waals surface area (Å²) in [7, 11) is 1.16. The van der Waals surface area contributed by atoms with E-state index in [-0.39, 0.29) is 32.0 Å². The lowest BCUT2D eigenvalue weighted by Crippen LogP contribution is -2.37. The average Bonchev–Trinajstić information content (AvgIpc) is 3.38. The molecule has 9 nitrogen and oxygen atoms in total. The van der Waals surface area contributed by atoms with Crippen LogP contribution in [0.1, 0.15) is 258 Å². The Morgan fingerprint density at radius 3 is 1.12 bits per heavy atom. The fourth-order valence-corrected chi connectivity index (χ4v) is 9.07. The highest BCUT2D eigenvalue weighted by molar-refractivity contribution is 7.45. The molecule has 0 aromatic carbocycles. The normalized spacial score (nSPS) is 13.9. The van der Waals surface area contributed by atoms with Crippen molar-refractivity contribution in [1.29, 1.82) is 0 Å². The summed E-state index contributed by atoms with van der Waals surface area (Å²) >= 11 is 0. The molecule has 76 heavy (non-hydrogen) atoms. The smallest absolute Gasteiger partial charge is 0.306 e. The Hall–Kier alpha value is -3.07. The summed E-state index contributed by atoms with van der Waals surface area (Å²) in [4.78, 5) is 37.9. The van der Waals surface area contributed by atoms with Gasteiger partial charge in [-0.15, -0.1) is 0 Å². The molecule has 0 amide bonds. The molecule has 0 aliphatic rings. The maximum Gasteiger partial charge on any atom is 0.306 e. The summed E-state index contributed by atoms with van der Waals surface area (Å²) in [6.07, 6.45) is 77.4. The molecule has 2 unspecified atom stereocenters. The zero-order valence-corrected chi connectivity index (χ0v) is 50.6. The van der Waals surface area contributed by atoms with Gasteiger partial charge in [-0.2, -0.15) is 0 Å². The van der Waals surface area contributed by atoms with Crippen LogP contribution in [0.2, 0.25) is 0 Å². The van der Waals surface area contributed by atoms with Crippen LogP contribution in [-0.4, -0.2) is 70.0 Å². The molecule has 0 bridgehead atoms. The first kappa shape index (κ1) is 72.9. The fraction of sp³-hybridized carbons (Fsp3) is 0.727. The van der Waals surface area contributed by atoms with Gasteiger partial charge in [0.25, 0.3) is 7.82 Å². The molecule has 0 heterocycles. The number of ether oxygens (including phenoxy) is 2. The minimum atomic E-state index is -4.64. The molecular weight excluding hydrogens is 966 g/mol. The molecule has 0 aliphatic heterocycles. The van der Waals surface area contributed by atoms with Crippen LogP contribution in [0.5, 0.6) is 0 Å². The van der Waals surface area contributed by atoms with Gasteiger partial charge >= 0.3 is 11.9 Å². The van der Waals surface area contributed by atoms with E-state index in [1.54, 1.807) is 0 Å². The maximum absolute atomic E-state index is 12.8. The number of unbranched alkanes of at least 4 members (excludes halogenated alkanes) is 26. The van der Waals surface area contributed by atoms with Crippen molar-refractivity contribution in [3.8, 4) is 0 Å². The van der Waals surface area contributed by atoms with Crippen LogP contribution in [0.15, 0.2) is 97.2 Å². The number of hydrogen-bond donors (Lipinski definition) is 0. The third-order valence-electron chi connectivity index (χ3n) is 13.1. The lowest BCUT2D eigenvalue weighted by molar-refractivity contribution is -0.870. The number of phosphoric acid groups is 1. The number of hydrogen-bond acceptors (Lipinski definition) is 8. The van der Waals surface area contributed by atoms with E-state index in [1.807, 2.05) is 21.1 Å². The Balaban J connectivity index is 4.14. The van der Waals surface area contributed by atoms with Crippen molar-refractivity contribution in [2.45, 2.75) is 264 Å². The standard InChI is InChI=1S/C66H116NO8P/c1-6-8-10-12-14-16-18-20-22-24-26-28-29-30-31-32-33-34-35-36-37-39-41-43-45-47-49-51-53-55-57-59-66(69)75-64(63-74-76(70,71)73-61-60-67(3,4)5)62-72-65(68)58-56-54-52-50-48-46-44-42-40-38-27-25-23-21-19-17-15-13-11-9-7-2/h8,10,14,16,19-22,25-28,30-31,33-34,64H,6-7,9,11-13,15,17-18,23-24,29,32,35-63H2,1-5H3/b10-8-,16-14-,21-19-,22-20-,27-25-,28-26-,31-30-,34-33-. The van der Waals surface area contributed by atoms with Gasteiger partial charge in [0, 0.05) is 12.8 Å². The molecule has 0 N–H and O–H groups in total. The third-order valence-corrected chi connectivity index (χ3v) is 14.1. The first-order chi connectivity index (χ1) is 37.0. The summed E-state index contributed by atoms with van der Waals surface area (Å²) in [5, 5.41) is 0. The zero-order chi connectivity index (χ0) is 55.6. The van der Waals surface area contributed by atoms with Gasteiger partial charge in [-0.25, -0.2) is 0 Å². The summed E-state index contributed by atoms with van der Waals surface area (Å²) in [6, 6.07) is 0. The fourth-order valence-electron chi connectivity index (χ4n) is 8.34. The molecular formula is C66H116NO8P. The number of rotatable bonds is 56. The second-order valence-corrected chi connectivity index (χ2v) is 23.1. The number of carbonyl (C=O) groups excluding carboxylic acids is 2. The Bertz CT molecular complexity index is 1600. The van der Waals surface area contributed by atoms with Crippen molar-refractivity contribution in [2.24, 2.45) is 0 Å². The van der Waals surface area contributed by atoms with Gasteiger partial charge < -0.3 is 27.9 Å². The van der Waals surface area contributed by atoms with Gasteiger partial charge in [0.2, 0.25) is 0 Å². The molecule has 0 fully saturated rings. The molecule has 0 spiro atoms. The number of likely N-dealkylation sites (N-methyl/N-ethyl adjacent to an activating group) is 1. The Morgan fingerprint density at radius 1 is 0.421 bits per heavy atom. The summed E-state index contributed by atoms with van der Waals surface area (Å²) in [5.41, 5.74) is 0. The van der Waals surface area contributed by atoms with Crippen molar-refractivity contribution in [3.05, 3.63) is 97.2 Å². The number of carbonyl (C=O) groups is 2. The van der Waals surface area contributed by atoms with Gasteiger partial charge in [-0.3, -0.25) is 14.2 Å². The summed E-state index contributed by atoms with van der Waals surface area (Å²) in [6.45, 7) is 4.12. The van der Waals surface area contributed by atoms with Crippen molar-refractivity contribution in [2.75, 3.05) is 47.5 Å². The summed E-state index contributed by atoms with van der Waals surface area (Å²) < 4.78 is 34.2. The second kappa shape index (κ2) is 56.6. The van der Waals surface area contributed by atoms with Crippen LogP contribution in [0.25, 0.3) is 0 Å². The van der Waals surface area contributed by atoms with Crippen LogP contribution in [-0.2, 0) is 32.7 Å². The Labute approximate surface area is 468 Å². The maximum atomic E-state index is 12.8. The van der Waals surface area contributed by atoms with Crippen molar-refractivity contribution in [3.63, 3.8) is 0 Å². The number of allylic oxidation sites excluding steroid dienone is 16. The van der Waals surface area contributed by atoms with Crippen LogP contribution >= 0.6 is 7.82 Å². The molecule has 438 valence electrons. The highest BCUT2D eigenvalue weighted by Gasteiger charge is 2.22. The zero-order valence-electron chi connectivity index (χ0n) is 49.7. The first-order valence-electron chi connectivity index (χ1n) is 30.9. The molecule has 0 saturated carbocycles. The molecule has 0 saturated heterocycles. The quantitative estimate of drug-likeness (QED) is 0.0195. The molecule has 0 radical (unpaired) electrons. The molecule has 0 aliphatic carbocycles. The van der Waals surface area contributed by atoms with Crippen LogP contribution in [0.4, 0.5) is 0 Å². The molecule has 0 aromatic rings. The minimum Gasteiger partial charge on any atom is -0.756 e. The number of quaternary nitrogens is 1. The highest BCUT2D eigenvalue weighted by Crippen LogP contribution is 2.38. The molecule has 10 heteroatoms. The van der Waals surface area contributed by atoms with E-state index >= 15 is 0 Å². The van der Waals surface area contributed by atoms with E-state index < -0.39 is 26.5 Å². The number of phosphoric ester groups is 1. The highest BCUT2D eigenvalue weighted by atomic mass is 31.2. The molecule has 2 atom stereocenters. The van der Waals surface area contributed by atoms with Crippen molar-refractivity contribution in [1.82, 2.24) is 0 Å². The summed E-state index contributed by atoms with van der Waals surface area (Å²) in [5.74, 6) is -0.839. The van der Waals surface area contributed by atoms with E-state index in [9.17, 15) is 19.0 Å². The predicted octanol–water partition coefficient (Wildman–Crippen LogP) is 19.0. The topological polar surface area (TPSA) is 111 Å². The van der Waals surface area contributed by atoms with Crippen molar-refractivity contribution >= 4 is 19.8 Å². The largest absolute Gasteiger partial charge is 0.756 e. The SMILES string of the molecule is CC/C=C\C/C=C\C/C=C\C/C=C\C/C=C\C/C=C\CCCCCCCCCCCCCCC(=O)OC(COC(=O)CCCCCCCCCCC/C=C\C/C=C\CCCCCCC)COP(=O)([O-])OCC[N+](C)(C)C. The predicted molar refractivity (Wildman–Crippen MR) is 323 cm³/mol. The lowest BCUT2D eigenvalue weighted by Gasteiger charge is -2.28. The van der Waals surface area contributed by atoms with Crippen LogP contribution < -0.4 is 4.89 Å². The molecule has 0 rings (SSSR count). The van der Waals surface area contributed by atoms with Gasteiger partial charge in [0.05, 0.1) is 27.7 Å². The molecule has 0 aromatic heterocycles. The third kappa shape index (κ3) is 60.2. The Morgan fingerprint density at radius 2 is 0.750 bits per heavy atom. The van der Waals surface area contributed by atoms with E-state index in [4.69, 9.17) is 18.5 Å². The number of esters is 2. The second-order valence-electron chi connectivity index (χ2n) is 21.7. The number of nitrogens with zero attached hydrogens (tertiary/aromatic N) is 1. The van der Waals surface area contributed by atoms with E-state index in [0.29, 0.717) is 17.4 Å².